The van der Waals surface area contributed by atoms with Crippen molar-refractivity contribution >= 4 is 5.91 Å². The Morgan fingerprint density at radius 1 is 1.60 bits per heavy atom. The van der Waals surface area contributed by atoms with E-state index < -0.39 is 0 Å². The van der Waals surface area contributed by atoms with Crippen LogP contribution in [0.2, 0.25) is 0 Å². The van der Waals surface area contributed by atoms with E-state index in [2.05, 4.69) is 5.32 Å². The van der Waals surface area contributed by atoms with Crippen molar-refractivity contribution in [3.63, 3.8) is 0 Å². The Bertz CT molecular complexity index is 219. The maximum Gasteiger partial charge on any atom is 0.240 e. The van der Waals surface area contributed by atoms with Crippen LogP contribution in [0.1, 0.15) is 33.6 Å². The van der Waals surface area contributed by atoms with Crippen molar-refractivity contribution in [1.29, 1.82) is 0 Å². The van der Waals surface area contributed by atoms with Gasteiger partial charge in [0.1, 0.15) is 0 Å². The largest absolute Gasteiger partial charge is 0.393 e. The van der Waals surface area contributed by atoms with Gasteiger partial charge in [0.15, 0.2) is 0 Å². The van der Waals surface area contributed by atoms with Gasteiger partial charge in [-0.15, -0.1) is 0 Å². The van der Waals surface area contributed by atoms with Gasteiger partial charge in [-0.1, -0.05) is 6.92 Å². The van der Waals surface area contributed by atoms with Crippen molar-refractivity contribution in [2.45, 2.75) is 51.8 Å². The van der Waals surface area contributed by atoms with E-state index in [9.17, 15) is 9.90 Å². The molecule has 0 aromatic carbocycles. The first-order chi connectivity index (χ1) is 7.06. The summed E-state index contributed by atoms with van der Waals surface area (Å²) >= 11 is 0. The molecule has 0 aliphatic carbocycles. The van der Waals surface area contributed by atoms with E-state index in [1.807, 2.05) is 18.7 Å². The van der Waals surface area contributed by atoms with Crippen LogP contribution in [0.3, 0.4) is 0 Å². The number of amides is 1. The molecule has 2 N–H and O–H groups in total. The van der Waals surface area contributed by atoms with Crippen LogP contribution in [0.4, 0.5) is 0 Å². The molecular formula is C11H22N2O2. The van der Waals surface area contributed by atoms with Crippen molar-refractivity contribution in [2.75, 3.05) is 13.1 Å². The van der Waals surface area contributed by atoms with Gasteiger partial charge < -0.3 is 15.3 Å². The summed E-state index contributed by atoms with van der Waals surface area (Å²) in [4.78, 5) is 13.8. The summed E-state index contributed by atoms with van der Waals surface area (Å²) in [6, 6.07) is 0.132. The van der Waals surface area contributed by atoms with Crippen molar-refractivity contribution in [1.82, 2.24) is 10.2 Å². The molecule has 0 aromatic rings. The van der Waals surface area contributed by atoms with E-state index in [-0.39, 0.29) is 24.1 Å². The Hall–Kier alpha value is -0.610. The zero-order chi connectivity index (χ0) is 11.4. The zero-order valence-corrected chi connectivity index (χ0v) is 9.86. The molecule has 1 aliphatic rings. The summed E-state index contributed by atoms with van der Waals surface area (Å²) < 4.78 is 0. The molecule has 1 rings (SSSR count). The van der Waals surface area contributed by atoms with Gasteiger partial charge in [0, 0.05) is 12.6 Å². The van der Waals surface area contributed by atoms with E-state index in [1.165, 1.54) is 0 Å². The number of likely N-dealkylation sites (N-methyl/N-ethyl adjacent to an activating group) is 1. The second-order valence-corrected chi connectivity index (χ2v) is 4.36. The Balaban J connectivity index is 2.47. The van der Waals surface area contributed by atoms with Crippen LogP contribution in [-0.2, 0) is 4.79 Å². The fourth-order valence-electron chi connectivity index (χ4n) is 2.20. The highest BCUT2D eigenvalue weighted by molar-refractivity contribution is 5.84. The van der Waals surface area contributed by atoms with Crippen LogP contribution in [0.15, 0.2) is 0 Å². The summed E-state index contributed by atoms with van der Waals surface area (Å²) in [6.07, 6.45) is 1.20. The molecule has 1 fully saturated rings. The van der Waals surface area contributed by atoms with Crippen LogP contribution in [0.25, 0.3) is 0 Å². The molecular weight excluding hydrogens is 192 g/mol. The maximum atomic E-state index is 11.9. The molecule has 0 aromatic heterocycles. The van der Waals surface area contributed by atoms with Crippen LogP contribution >= 0.6 is 0 Å². The highest BCUT2D eigenvalue weighted by Gasteiger charge is 2.33. The van der Waals surface area contributed by atoms with E-state index in [1.54, 1.807) is 6.92 Å². The number of likely N-dealkylation sites (tertiary alicyclic amines) is 1. The molecule has 1 amide bonds. The fourth-order valence-corrected chi connectivity index (χ4v) is 2.20. The minimum absolute atomic E-state index is 0.00792. The van der Waals surface area contributed by atoms with Crippen LogP contribution in [0.5, 0.6) is 0 Å². The third kappa shape index (κ3) is 3.18. The fraction of sp³-hybridized carbons (Fsp3) is 0.909. The van der Waals surface area contributed by atoms with Crippen molar-refractivity contribution < 1.29 is 9.90 Å². The van der Waals surface area contributed by atoms with Crippen molar-refractivity contribution in [2.24, 2.45) is 0 Å². The van der Waals surface area contributed by atoms with Crippen LogP contribution in [-0.4, -0.2) is 47.2 Å². The lowest BCUT2D eigenvalue weighted by molar-refractivity contribution is -0.131. The third-order valence-electron chi connectivity index (χ3n) is 2.90. The van der Waals surface area contributed by atoms with Gasteiger partial charge >= 0.3 is 0 Å². The molecule has 1 saturated heterocycles. The number of hydrogen-bond donors (Lipinski definition) is 2. The quantitative estimate of drug-likeness (QED) is 0.694. The number of carbonyl (C=O) groups is 1. The second-order valence-electron chi connectivity index (χ2n) is 4.36. The lowest BCUT2D eigenvalue weighted by atomic mass is 10.1. The van der Waals surface area contributed by atoms with Gasteiger partial charge in [0.05, 0.1) is 12.1 Å². The number of aliphatic hydroxyl groups is 1. The van der Waals surface area contributed by atoms with E-state index in [4.69, 9.17) is 0 Å². The first kappa shape index (κ1) is 12.5. The Labute approximate surface area is 91.6 Å². The number of nitrogens with one attached hydrogen (secondary N) is 1. The topological polar surface area (TPSA) is 52.6 Å². The minimum Gasteiger partial charge on any atom is -0.393 e. The Kier molecular flexibility index (Phi) is 4.54. The average molecular weight is 214 g/mol. The first-order valence-electron chi connectivity index (χ1n) is 5.78. The molecule has 0 bridgehead atoms. The Morgan fingerprint density at radius 2 is 2.27 bits per heavy atom. The summed E-state index contributed by atoms with van der Waals surface area (Å²) in [5, 5.41) is 12.5. The molecule has 4 heteroatoms. The van der Waals surface area contributed by atoms with E-state index in [0.29, 0.717) is 6.42 Å². The Morgan fingerprint density at radius 3 is 2.80 bits per heavy atom. The maximum absolute atomic E-state index is 11.9. The van der Waals surface area contributed by atoms with Gasteiger partial charge in [0.25, 0.3) is 0 Å². The highest BCUT2D eigenvalue weighted by atomic mass is 16.3. The van der Waals surface area contributed by atoms with Crippen molar-refractivity contribution in [3.05, 3.63) is 0 Å². The van der Waals surface area contributed by atoms with Crippen LogP contribution in [0, 0.1) is 0 Å². The zero-order valence-electron chi connectivity index (χ0n) is 9.86. The van der Waals surface area contributed by atoms with E-state index >= 15 is 0 Å². The lowest BCUT2D eigenvalue weighted by Crippen LogP contribution is -2.42. The molecule has 15 heavy (non-hydrogen) atoms. The first-order valence-corrected chi connectivity index (χ1v) is 5.78. The van der Waals surface area contributed by atoms with Gasteiger partial charge in [-0.05, 0) is 33.2 Å². The predicted molar refractivity (Wildman–Crippen MR) is 59.6 cm³/mol. The second kappa shape index (κ2) is 5.47. The van der Waals surface area contributed by atoms with Gasteiger partial charge in [0.2, 0.25) is 5.91 Å². The summed E-state index contributed by atoms with van der Waals surface area (Å²) in [7, 11) is 0. The standard InChI is InChI=1S/C11H22N2O2/c1-4-12-10-5-6-13(11(10)15)8(2)7-9(3)14/h8-10,12,14H,4-7H2,1-3H3. The molecule has 1 aliphatic heterocycles. The number of rotatable bonds is 5. The smallest absolute Gasteiger partial charge is 0.240 e. The molecule has 0 spiro atoms. The van der Waals surface area contributed by atoms with Crippen LogP contribution < -0.4 is 5.32 Å². The van der Waals surface area contributed by atoms with Crippen molar-refractivity contribution in [3.8, 4) is 0 Å². The molecule has 3 atom stereocenters. The number of hydrogen-bond acceptors (Lipinski definition) is 3. The van der Waals surface area contributed by atoms with Gasteiger partial charge in [-0.25, -0.2) is 0 Å². The number of aliphatic hydroxyl groups excluding tert-OH is 1. The summed E-state index contributed by atoms with van der Waals surface area (Å²) in [6.45, 7) is 7.41. The molecule has 0 saturated carbocycles. The third-order valence-corrected chi connectivity index (χ3v) is 2.90. The predicted octanol–water partition coefficient (Wildman–Crippen LogP) is 0.356. The monoisotopic (exact) mass is 214 g/mol. The summed E-state index contributed by atoms with van der Waals surface area (Å²) in [5.41, 5.74) is 0. The normalized spacial score (nSPS) is 25.7. The molecule has 88 valence electrons. The summed E-state index contributed by atoms with van der Waals surface area (Å²) in [5.74, 6) is 0.185. The molecule has 4 nitrogen and oxygen atoms in total. The SMILES string of the molecule is CCNC1CCN(C(C)CC(C)O)C1=O. The van der Waals surface area contributed by atoms with Gasteiger partial charge in [-0.3, -0.25) is 4.79 Å². The molecule has 1 heterocycles. The highest BCUT2D eigenvalue weighted by Crippen LogP contribution is 2.17. The molecule has 0 radical (unpaired) electrons. The number of nitrogens with zero attached hydrogens (tertiary/aromatic N) is 1. The van der Waals surface area contributed by atoms with Gasteiger partial charge in [-0.2, -0.15) is 0 Å². The average Bonchev–Trinajstić information content (AvgIpc) is 2.48. The van der Waals surface area contributed by atoms with E-state index in [0.717, 1.165) is 19.5 Å². The molecule has 3 unspecified atom stereocenters. The minimum atomic E-state index is -0.342. The number of carbonyl (C=O) groups excluding carboxylic acids is 1. The lowest BCUT2D eigenvalue weighted by Gasteiger charge is -2.25.